The molecule has 0 saturated heterocycles. The lowest BCUT2D eigenvalue weighted by Crippen LogP contribution is -2.31. The van der Waals surface area contributed by atoms with Crippen LogP contribution in [-0.4, -0.2) is 34.8 Å². The first-order valence-electron chi connectivity index (χ1n) is 7.94. The molecular formula is C17H18BrN3O4. The SMILES string of the molecule is CCOC(=O)CNC(=O)c1cc2n(n1)CC(c1ccc(Br)cc1)OC2. The van der Waals surface area contributed by atoms with Gasteiger partial charge < -0.3 is 14.8 Å². The highest BCUT2D eigenvalue weighted by atomic mass is 79.9. The molecular weight excluding hydrogens is 390 g/mol. The predicted octanol–water partition coefficient (Wildman–Crippen LogP) is 2.21. The van der Waals surface area contributed by atoms with Gasteiger partial charge in [0.25, 0.3) is 5.91 Å². The number of rotatable bonds is 5. The Morgan fingerprint density at radius 3 is 2.88 bits per heavy atom. The lowest BCUT2D eigenvalue weighted by molar-refractivity contribution is -0.141. The molecule has 2 heterocycles. The molecule has 0 bridgehead atoms. The van der Waals surface area contributed by atoms with Gasteiger partial charge in [-0.1, -0.05) is 28.1 Å². The zero-order valence-corrected chi connectivity index (χ0v) is 15.3. The van der Waals surface area contributed by atoms with Gasteiger partial charge in [-0.2, -0.15) is 5.10 Å². The Kier molecular flexibility index (Phi) is 5.50. The molecule has 0 saturated carbocycles. The van der Waals surface area contributed by atoms with Crippen molar-refractivity contribution in [2.45, 2.75) is 26.2 Å². The summed E-state index contributed by atoms with van der Waals surface area (Å²) in [5.41, 5.74) is 2.15. The number of benzene rings is 1. The fourth-order valence-corrected chi connectivity index (χ4v) is 2.83. The van der Waals surface area contributed by atoms with Crippen molar-refractivity contribution in [2.24, 2.45) is 0 Å². The Bertz CT molecular complexity index is 773. The van der Waals surface area contributed by atoms with E-state index in [1.54, 1.807) is 17.7 Å². The van der Waals surface area contributed by atoms with Gasteiger partial charge in [0.15, 0.2) is 5.69 Å². The average molecular weight is 408 g/mol. The summed E-state index contributed by atoms with van der Waals surface area (Å²) in [5.74, 6) is -0.881. The zero-order chi connectivity index (χ0) is 17.8. The average Bonchev–Trinajstić information content (AvgIpc) is 3.04. The normalized spacial score (nSPS) is 16.2. The summed E-state index contributed by atoms with van der Waals surface area (Å²) in [7, 11) is 0. The Labute approximate surface area is 153 Å². The Morgan fingerprint density at radius 2 is 2.16 bits per heavy atom. The van der Waals surface area contributed by atoms with Gasteiger partial charge in [-0.25, -0.2) is 0 Å². The van der Waals surface area contributed by atoms with Gasteiger partial charge in [-0.3, -0.25) is 14.3 Å². The smallest absolute Gasteiger partial charge is 0.325 e. The Morgan fingerprint density at radius 1 is 1.40 bits per heavy atom. The van der Waals surface area contributed by atoms with Gasteiger partial charge in [0.05, 0.1) is 25.5 Å². The molecule has 0 spiro atoms. The molecule has 3 rings (SSSR count). The number of carbonyl (C=O) groups excluding carboxylic acids is 2. The molecule has 1 atom stereocenters. The third kappa shape index (κ3) is 4.26. The Balaban J connectivity index is 1.65. The molecule has 1 unspecified atom stereocenters. The first-order valence-corrected chi connectivity index (χ1v) is 8.73. The summed E-state index contributed by atoms with van der Waals surface area (Å²) >= 11 is 3.41. The predicted molar refractivity (Wildman–Crippen MR) is 92.9 cm³/mol. The van der Waals surface area contributed by atoms with Crippen molar-refractivity contribution in [3.63, 3.8) is 0 Å². The molecule has 132 valence electrons. The lowest BCUT2D eigenvalue weighted by atomic mass is 10.1. The first kappa shape index (κ1) is 17.6. The number of hydrogen-bond donors (Lipinski definition) is 1. The summed E-state index contributed by atoms with van der Waals surface area (Å²) < 4.78 is 13.4. The second-order valence-electron chi connectivity index (χ2n) is 5.54. The van der Waals surface area contributed by atoms with E-state index in [-0.39, 0.29) is 24.9 Å². The molecule has 2 aromatic rings. The fourth-order valence-electron chi connectivity index (χ4n) is 2.57. The van der Waals surface area contributed by atoms with Crippen LogP contribution in [0.25, 0.3) is 0 Å². The minimum Gasteiger partial charge on any atom is -0.465 e. The van der Waals surface area contributed by atoms with E-state index in [1.807, 2.05) is 24.3 Å². The van der Waals surface area contributed by atoms with Gasteiger partial charge in [0.1, 0.15) is 12.6 Å². The first-order chi connectivity index (χ1) is 12.1. The van der Waals surface area contributed by atoms with E-state index >= 15 is 0 Å². The highest BCUT2D eigenvalue weighted by Crippen LogP contribution is 2.27. The number of ether oxygens (including phenoxy) is 2. The van der Waals surface area contributed by atoms with E-state index in [0.29, 0.717) is 13.2 Å². The van der Waals surface area contributed by atoms with Crippen LogP contribution >= 0.6 is 15.9 Å². The topological polar surface area (TPSA) is 82.5 Å². The molecule has 0 radical (unpaired) electrons. The van der Waals surface area contributed by atoms with Gasteiger partial charge >= 0.3 is 5.97 Å². The maximum atomic E-state index is 12.1. The van der Waals surface area contributed by atoms with Crippen molar-refractivity contribution in [3.8, 4) is 0 Å². The van der Waals surface area contributed by atoms with Crippen LogP contribution in [-0.2, 0) is 27.4 Å². The minimum absolute atomic E-state index is 0.115. The number of hydrogen-bond acceptors (Lipinski definition) is 5. The number of amides is 1. The number of carbonyl (C=O) groups is 2. The van der Waals surface area contributed by atoms with Crippen molar-refractivity contribution < 1.29 is 19.1 Å². The van der Waals surface area contributed by atoms with Crippen LogP contribution in [0.4, 0.5) is 0 Å². The largest absolute Gasteiger partial charge is 0.465 e. The summed E-state index contributed by atoms with van der Waals surface area (Å²) in [6.07, 6.45) is -0.115. The van der Waals surface area contributed by atoms with E-state index < -0.39 is 11.9 Å². The van der Waals surface area contributed by atoms with Crippen LogP contribution in [0, 0.1) is 0 Å². The molecule has 1 aliphatic heterocycles. The second kappa shape index (κ2) is 7.79. The standard InChI is InChI=1S/C17H18BrN3O4/c1-2-24-16(22)8-19-17(23)14-7-13-10-25-15(9-21(13)20-14)11-3-5-12(18)6-4-11/h3-7,15H,2,8-10H2,1H3,(H,19,23). The summed E-state index contributed by atoms with van der Waals surface area (Å²) in [5, 5.41) is 6.84. The number of aromatic nitrogens is 2. The fraction of sp³-hybridized carbons (Fsp3) is 0.353. The van der Waals surface area contributed by atoms with Crippen LogP contribution in [0.3, 0.4) is 0 Å². The summed E-state index contributed by atoms with van der Waals surface area (Å²) in [6.45, 7) is 2.72. The highest BCUT2D eigenvalue weighted by molar-refractivity contribution is 9.10. The van der Waals surface area contributed by atoms with Crippen LogP contribution in [0.5, 0.6) is 0 Å². The molecule has 1 aliphatic rings. The van der Waals surface area contributed by atoms with Crippen molar-refractivity contribution in [1.29, 1.82) is 0 Å². The molecule has 25 heavy (non-hydrogen) atoms. The third-order valence-corrected chi connectivity index (χ3v) is 4.34. The molecule has 1 aromatic heterocycles. The third-order valence-electron chi connectivity index (χ3n) is 3.81. The molecule has 1 aromatic carbocycles. The number of halogens is 1. The van der Waals surface area contributed by atoms with E-state index in [0.717, 1.165) is 15.7 Å². The van der Waals surface area contributed by atoms with Crippen molar-refractivity contribution in [3.05, 3.63) is 51.8 Å². The van der Waals surface area contributed by atoms with E-state index in [4.69, 9.17) is 9.47 Å². The van der Waals surface area contributed by atoms with Gasteiger partial charge in [-0.05, 0) is 30.7 Å². The van der Waals surface area contributed by atoms with Gasteiger partial charge in [-0.15, -0.1) is 0 Å². The maximum Gasteiger partial charge on any atom is 0.325 e. The molecule has 7 nitrogen and oxygen atoms in total. The number of nitrogens with one attached hydrogen (secondary N) is 1. The number of esters is 1. The van der Waals surface area contributed by atoms with Gasteiger partial charge in [0, 0.05) is 4.47 Å². The van der Waals surface area contributed by atoms with Gasteiger partial charge in [0.2, 0.25) is 0 Å². The van der Waals surface area contributed by atoms with E-state index in [1.165, 1.54) is 0 Å². The molecule has 0 fully saturated rings. The van der Waals surface area contributed by atoms with Crippen LogP contribution in [0.15, 0.2) is 34.8 Å². The molecule has 1 amide bonds. The van der Waals surface area contributed by atoms with E-state index in [9.17, 15) is 9.59 Å². The number of nitrogens with zero attached hydrogens (tertiary/aromatic N) is 2. The Hall–Kier alpha value is -2.19. The maximum absolute atomic E-state index is 12.1. The highest BCUT2D eigenvalue weighted by Gasteiger charge is 2.24. The molecule has 0 aliphatic carbocycles. The van der Waals surface area contributed by atoms with Crippen LogP contribution in [0.2, 0.25) is 0 Å². The zero-order valence-electron chi connectivity index (χ0n) is 13.7. The summed E-state index contributed by atoms with van der Waals surface area (Å²) in [4.78, 5) is 23.4. The van der Waals surface area contributed by atoms with E-state index in [2.05, 4.69) is 26.3 Å². The van der Waals surface area contributed by atoms with Crippen molar-refractivity contribution in [2.75, 3.05) is 13.2 Å². The second-order valence-corrected chi connectivity index (χ2v) is 6.46. The quantitative estimate of drug-likeness (QED) is 0.768. The molecule has 1 N–H and O–H groups in total. The lowest BCUT2D eigenvalue weighted by Gasteiger charge is -2.24. The van der Waals surface area contributed by atoms with Crippen LogP contribution < -0.4 is 5.32 Å². The number of fused-ring (bicyclic) bond motifs is 1. The van der Waals surface area contributed by atoms with Crippen molar-refractivity contribution >= 4 is 27.8 Å². The monoisotopic (exact) mass is 407 g/mol. The van der Waals surface area contributed by atoms with Crippen molar-refractivity contribution in [1.82, 2.24) is 15.1 Å². The van der Waals surface area contributed by atoms with Crippen LogP contribution in [0.1, 0.15) is 34.8 Å². The minimum atomic E-state index is -0.474. The summed E-state index contributed by atoms with van der Waals surface area (Å²) in [6, 6.07) is 9.60. The molecule has 8 heteroatoms.